The molecule has 0 radical (unpaired) electrons. The first kappa shape index (κ1) is 17.9. The summed E-state index contributed by atoms with van der Waals surface area (Å²) >= 11 is 1.50. The van der Waals surface area contributed by atoms with E-state index < -0.39 is 5.97 Å². The summed E-state index contributed by atoms with van der Waals surface area (Å²) in [6.45, 7) is 1.40. The summed E-state index contributed by atoms with van der Waals surface area (Å²) in [6, 6.07) is 10.5. The molecule has 1 aliphatic heterocycles. The zero-order valence-corrected chi connectivity index (χ0v) is 15.0. The highest BCUT2D eigenvalue weighted by atomic mass is 32.1. The van der Waals surface area contributed by atoms with Gasteiger partial charge in [-0.05, 0) is 36.6 Å². The molecular weight excluding hydrogens is 352 g/mol. The lowest BCUT2D eigenvalue weighted by Crippen LogP contribution is -2.41. The van der Waals surface area contributed by atoms with E-state index in [0.29, 0.717) is 11.4 Å². The van der Waals surface area contributed by atoms with Gasteiger partial charge in [0.15, 0.2) is 6.61 Å². The van der Waals surface area contributed by atoms with E-state index in [1.807, 2.05) is 17.5 Å². The number of nitrogens with one attached hydrogen (secondary N) is 1. The Bertz CT molecular complexity index is 845. The average molecular weight is 370 g/mol. The van der Waals surface area contributed by atoms with Gasteiger partial charge in [0.2, 0.25) is 5.91 Å². The van der Waals surface area contributed by atoms with Crippen LogP contribution >= 0.6 is 11.3 Å². The summed E-state index contributed by atoms with van der Waals surface area (Å²) in [4.78, 5) is 38.9. The predicted molar refractivity (Wildman–Crippen MR) is 101 cm³/mol. The standard InChI is InChI=1S/C19H18N2O4S/c1-13-11-17(22)20-15-6-2-3-7-16(15)21(13)18(23)12-25-19(24)9-8-14-5-4-10-26-14/h2-10,13H,11-12H2,1H3,(H,20,22)/b9-8+/t13-/m0/s1. The molecule has 7 heteroatoms. The van der Waals surface area contributed by atoms with Crippen LogP contribution in [0.2, 0.25) is 0 Å². The van der Waals surface area contributed by atoms with Crippen LogP contribution in [0.25, 0.3) is 6.08 Å². The summed E-state index contributed by atoms with van der Waals surface area (Å²) in [7, 11) is 0. The number of rotatable bonds is 4. The van der Waals surface area contributed by atoms with Crippen molar-refractivity contribution < 1.29 is 19.1 Å². The minimum Gasteiger partial charge on any atom is -0.452 e. The van der Waals surface area contributed by atoms with Gasteiger partial charge in [-0.1, -0.05) is 18.2 Å². The van der Waals surface area contributed by atoms with Gasteiger partial charge >= 0.3 is 5.97 Å². The second kappa shape index (κ2) is 7.97. The third kappa shape index (κ3) is 4.18. The zero-order chi connectivity index (χ0) is 18.5. The van der Waals surface area contributed by atoms with Crippen molar-refractivity contribution in [3.05, 3.63) is 52.7 Å². The lowest BCUT2D eigenvalue weighted by molar-refractivity contribution is -0.143. The van der Waals surface area contributed by atoms with E-state index in [1.165, 1.54) is 22.3 Å². The fourth-order valence-electron chi connectivity index (χ4n) is 2.75. The molecule has 1 atom stereocenters. The molecule has 0 saturated heterocycles. The molecular formula is C19H18N2O4S. The van der Waals surface area contributed by atoms with Crippen molar-refractivity contribution in [2.75, 3.05) is 16.8 Å². The molecule has 0 bridgehead atoms. The third-order valence-corrected chi connectivity index (χ3v) is 4.73. The van der Waals surface area contributed by atoms with Crippen LogP contribution in [0.1, 0.15) is 18.2 Å². The van der Waals surface area contributed by atoms with Crippen molar-refractivity contribution in [3.63, 3.8) is 0 Å². The molecule has 1 aromatic heterocycles. The Kier molecular flexibility index (Phi) is 5.48. The number of anilines is 2. The quantitative estimate of drug-likeness (QED) is 0.663. The Hall–Kier alpha value is -2.93. The summed E-state index contributed by atoms with van der Waals surface area (Å²) in [5.41, 5.74) is 1.17. The topological polar surface area (TPSA) is 75.7 Å². The highest BCUT2D eigenvalue weighted by Gasteiger charge is 2.29. The molecule has 2 amide bonds. The second-order valence-corrected chi connectivity index (χ2v) is 6.82. The molecule has 2 heterocycles. The van der Waals surface area contributed by atoms with Gasteiger partial charge in [0.1, 0.15) is 0 Å². The molecule has 0 spiro atoms. The Morgan fingerprint density at radius 3 is 2.88 bits per heavy atom. The van der Waals surface area contributed by atoms with Crippen molar-refractivity contribution in [2.24, 2.45) is 0 Å². The van der Waals surface area contributed by atoms with Gasteiger partial charge in [0, 0.05) is 23.4 Å². The number of nitrogens with zero attached hydrogens (tertiary/aromatic N) is 1. The lowest BCUT2D eigenvalue weighted by atomic mass is 10.1. The molecule has 2 aromatic rings. The van der Waals surface area contributed by atoms with Crippen molar-refractivity contribution >= 4 is 46.6 Å². The number of esters is 1. The molecule has 6 nitrogen and oxygen atoms in total. The number of hydrogen-bond acceptors (Lipinski definition) is 5. The molecule has 0 aliphatic carbocycles. The Morgan fingerprint density at radius 2 is 2.12 bits per heavy atom. The smallest absolute Gasteiger partial charge is 0.331 e. The number of hydrogen-bond donors (Lipinski definition) is 1. The first-order chi connectivity index (χ1) is 12.5. The zero-order valence-electron chi connectivity index (χ0n) is 14.2. The van der Waals surface area contributed by atoms with Crippen LogP contribution < -0.4 is 10.2 Å². The van der Waals surface area contributed by atoms with E-state index in [2.05, 4.69) is 5.32 Å². The van der Waals surface area contributed by atoms with E-state index >= 15 is 0 Å². The lowest BCUT2D eigenvalue weighted by Gasteiger charge is -2.27. The van der Waals surface area contributed by atoms with Gasteiger partial charge in [-0.25, -0.2) is 4.79 Å². The number of fused-ring (bicyclic) bond motifs is 1. The van der Waals surface area contributed by atoms with Crippen LogP contribution in [0.3, 0.4) is 0 Å². The largest absolute Gasteiger partial charge is 0.452 e. The summed E-state index contributed by atoms with van der Waals surface area (Å²) in [6.07, 6.45) is 3.11. The maximum atomic E-state index is 12.7. The van der Waals surface area contributed by atoms with E-state index in [4.69, 9.17) is 4.74 Å². The molecule has 1 N–H and O–H groups in total. The van der Waals surface area contributed by atoms with Gasteiger partial charge in [-0.2, -0.15) is 0 Å². The summed E-state index contributed by atoms with van der Waals surface area (Å²) in [5, 5.41) is 4.69. The molecule has 1 aromatic carbocycles. The minimum absolute atomic E-state index is 0.156. The first-order valence-electron chi connectivity index (χ1n) is 8.14. The second-order valence-electron chi connectivity index (χ2n) is 5.84. The number of carbonyl (C=O) groups is 3. The summed E-state index contributed by atoms with van der Waals surface area (Å²) in [5.74, 6) is -1.12. The Labute approximate surface area is 155 Å². The number of benzene rings is 1. The number of amides is 2. The van der Waals surface area contributed by atoms with Crippen LogP contribution in [0.4, 0.5) is 11.4 Å². The number of carbonyl (C=O) groups excluding carboxylic acids is 3. The molecule has 0 saturated carbocycles. The van der Waals surface area contributed by atoms with Crippen LogP contribution in [0.5, 0.6) is 0 Å². The van der Waals surface area contributed by atoms with Gasteiger partial charge < -0.3 is 15.0 Å². The van der Waals surface area contributed by atoms with E-state index in [1.54, 1.807) is 37.3 Å². The molecule has 26 heavy (non-hydrogen) atoms. The molecule has 0 unspecified atom stereocenters. The van der Waals surface area contributed by atoms with E-state index in [-0.39, 0.29) is 30.9 Å². The Morgan fingerprint density at radius 1 is 1.31 bits per heavy atom. The van der Waals surface area contributed by atoms with Crippen LogP contribution in [0, 0.1) is 0 Å². The van der Waals surface area contributed by atoms with Crippen molar-refractivity contribution in [1.29, 1.82) is 0 Å². The van der Waals surface area contributed by atoms with Gasteiger partial charge in [0.05, 0.1) is 11.4 Å². The number of thiophene rings is 1. The molecule has 0 fully saturated rings. The predicted octanol–water partition coefficient (Wildman–Crippen LogP) is 3.07. The van der Waals surface area contributed by atoms with E-state index in [9.17, 15) is 14.4 Å². The monoisotopic (exact) mass is 370 g/mol. The average Bonchev–Trinajstić information content (AvgIpc) is 3.09. The highest BCUT2D eigenvalue weighted by molar-refractivity contribution is 7.10. The molecule has 134 valence electrons. The van der Waals surface area contributed by atoms with Crippen molar-refractivity contribution in [1.82, 2.24) is 0 Å². The Balaban J connectivity index is 1.68. The molecule has 1 aliphatic rings. The normalized spacial score (nSPS) is 16.7. The van der Waals surface area contributed by atoms with Gasteiger partial charge in [-0.3, -0.25) is 9.59 Å². The fourth-order valence-corrected chi connectivity index (χ4v) is 3.37. The van der Waals surface area contributed by atoms with Crippen LogP contribution in [-0.2, 0) is 19.1 Å². The maximum Gasteiger partial charge on any atom is 0.331 e. The number of para-hydroxylation sites is 2. The minimum atomic E-state index is -0.586. The number of ether oxygens (including phenoxy) is 1. The third-order valence-electron chi connectivity index (χ3n) is 3.89. The maximum absolute atomic E-state index is 12.7. The fraction of sp³-hybridized carbons (Fsp3) is 0.211. The van der Waals surface area contributed by atoms with Crippen LogP contribution in [0.15, 0.2) is 47.9 Å². The highest BCUT2D eigenvalue weighted by Crippen LogP contribution is 2.31. The summed E-state index contributed by atoms with van der Waals surface area (Å²) < 4.78 is 5.07. The van der Waals surface area contributed by atoms with Crippen molar-refractivity contribution in [3.8, 4) is 0 Å². The first-order valence-corrected chi connectivity index (χ1v) is 9.02. The molecule has 3 rings (SSSR count). The van der Waals surface area contributed by atoms with Gasteiger partial charge in [0.25, 0.3) is 5.91 Å². The SMILES string of the molecule is C[C@H]1CC(=O)Nc2ccccc2N1C(=O)COC(=O)/C=C/c1cccs1. The van der Waals surface area contributed by atoms with E-state index in [0.717, 1.165) is 4.88 Å². The van der Waals surface area contributed by atoms with Crippen LogP contribution in [-0.4, -0.2) is 30.4 Å². The van der Waals surface area contributed by atoms with Crippen molar-refractivity contribution in [2.45, 2.75) is 19.4 Å². The van der Waals surface area contributed by atoms with Gasteiger partial charge in [-0.15, -0.1) is 11.3 Å².